The van der Waals surface area contributed by atoms with Crippen LogP contribution in [0.5, 0.6) is 0 Å². The molecule has 8 heteroatoms. The first-order valence-corrected chi connectivity index (χ1v) is 7.47. The van der Waals surface area contributed by atoms with Crippen LogP contribution in [0.1, 0.15) is 39.5 Å². The van der Waals surface area contributed by atoms with E-state index in [1.54, 1.807) is 6.92 Å². The number of ether oxygens (including phenoxy) is 1. The van der Waals surface area contributed by atoms with E-state index in [0.717, 1.165) is 25.3 Å². The van der Waals surface area contributed by atoms with Crippen LogP contribution in [0.4, 0.5) is 0 Å². The van der Waals surface area contributed by atoms with E-state index in [0.29, 0.717) is 6.42 Å². The van der Waals surface area contributed by atoms with Crippen LogP contribution in [-0.4, -0.2) is 38.0 Å². The molecule has 0 aromatic rings. The van der Waals surface area contributed by atoms with Crippen LogP contribution in [-0.2, 0) is 14.1 Å². The molecule has 4 N–H and O–H groups in total. The molecule has 0 aromatic heterocycles. The van der Waals surface area contributed by atoms with Crippen molar-refractivity contribution >= 4 is 13.8 Å². The maximum atomic E-state index is 10.9. The van der Waals surface area contributed by atoms with Gasteiger partial charge in [0.2, 0.25) is 0 Å². The molecule has 0 spiro atoms. The molecule has 0 aliphatic carbocycles. The Morgan fingerprint density at radius 2 is 1.84 bits per heavy atom. The normalized spacial score (nSPS) is 13.8. The summed E-state index contributed by atoms with van der Waals surface area (Å²) in [4.78, 5) is 32.5. The fourth-order valence-electron chi connectivity index (χ4n) is 1.19. The van der Waals surface area contributed by atoms with Crippen LogP contribution in [0.2, 0.25) is 0 Å². The minimum Gasteiger partial charge on any atom is -0.456 e. The molecule has 0 aromatic carbocycles. The minimum absolute atomic E-state index is 0.396. The van der Waals surface area contributed by atoms with Gasteiger partial charge in [-0.05, 0) is 19.8 Å². The Kier molecular flexibility index (Phi) is 12.1. The first-order valence-electron chi connectivity index (χ1n) is 5.91. The summed E-state index contributed by atoms with van der Waals surface area (Å²) in [6.07, 6.45) is 4.00. The van der Waals surface area contributed by atoms with Crippen LogP contribution in [0, 0.1) is 0 Å². The zero-order chi connectivity index (χ0) is 15.5. The van der Waals surface area contributed by atoms with E-state index < -0.39 is 26.0 Å². The summed E-state index contributed by atoms with van der Waals surface area (Å²) >= 11 is 0. The zero-order valence-corrected chi connectivity index (χ0v) is 12.1. The molecule has 2 unspecified atom stereocenters. The Bertz CT molecular complexity index is 289. The Morgan fingerprint density at radius 3 is 2.16 bits per heavy atom. The van der Waals surface area contributed by atoms with E-state index >= 15 is 0 Å². The minimum atomic E-state index is -4.64. The molecular weight excluding hydrogens is 275 g/mol. The fourth-order valence-corrected chi connectivity index (χ4v) is 1.19. The summed E-state index contributed by atoms with van der Waals surface area (Å²) < 4.78 is 13.9. The average Bonchev–Trinajstić information content (AvgIpc) is 2.25. The van der Waals surface area contributed by atoms with Gasteiger partial charge in [-0.2, -0.15) is 0 Å². The molecule has 114 valence electrons. The number of hydrogen-bond acceptors (Lipinski definition) is 4. The number of rotatable bonds is 7. The first-order chi connectivity index (χ1) is 8.61. The maximum absolute atomic E-state index is 10.9. The van der Waals surface area contributed by atoms with Gasteiger partial charge in [-0.1, -0.05) is 26.3 Å². The lowest BCUT2D eigenvalue weighted by Crippen LogP contribution is -2.28. The highest BCUT2D eigenvalue weighted by Crippen LogP contribution is 2.25. The predicted octanol–water partition coefficient (Wildman–Crippen LogP) is 1.12. The summed E-state index contributed by atoms with van der Waals surface area (Å²) in [6.45, 7) is 7.05. The quantitative estimate of drug-likeness (QED) is 0.240. The van der Waals surface area contributed by atoms with Crippen LogP contribution in [0.3, 0.4) is 0 Å². The third-order valence-electron chi connectivity index (χ3n) is 2.06. The van der Waals surface area contributed by atoms with Crippen LogP contribution in [0.15, 0.2) is 12.7 Å². The molecule has 0 saturated carbocycles. The Labute approximate surface area is 113 Å². The summed E-state index contributed by atoms with van der Waals surface area (Å²) in [6, 6.07) is 0. The summed E-state index contributed by atoms with van der Waals surface area (Å²) in [5.41, 5.74) is 0. The van der Waals surface area contributed by atoms with Gasteiger partial charge in [-0.3, -0.25) is 0 Å². The van der Waals surface area contributed by atoms with Crippen molar-refractivity contribution in [3.63, 3.8) is 0 Å². The molecule has 19 heavy (non-hydrogen) atoms. The van der Waals surface area contributed by atoms with Gasteiger partial charge in [0, 0.05) is 6.08 Å². The average molecular weight is 298 g/mol. The van der Waals surface area contributed by atoms with E-state index in [1.807, 2.05) is 0 Å². The molecule has 0 radical (unpaired) electrons. The van der Waals surface area contributed by atoms with E-state index in [9.17, 15) is 9.90 Å². The topological polar surface area (TPSA) is 124 Å². The standard InChI is InChI=1S/C11H20O3.H3O4P/c1-4-6-7-8-10(9(3)12)14-11(13)5-2;1-5(2,3)4/h5,9-10,12H,2,4,6-8H2,1,3H3;(H3,1,2,3,4). The van der Waals surface area contributed by atoms with Crippen LogP contribution in [0.25, 0.3) is 0 Å². The summed E-state index contributed by atoms with van der Waals surface area (Å²) in [5, 5.41) is 9.34. The second kappa shape index (κ2) is 11.1. The number of hydrogen-bond donors (Lipinski definition) is 4. The van der Waals surface area contributed by atoms with Crippen molar-refractivity contribution < 1.29 is 33.9 Å². The number of phosphoric acid groups is 1. The van der Waals surface area contributed by atoms with Crippen molar-refractivity contribution in [2.24, 2.45) is 0 Å². The molecule has 7 nitrogen and oxygen atoms in total. The van der Waals surface area contributed by atoms with E-state index in [-0.39, 0.29) is 0 Å². The van der Waals surface area contributed by atoms with Gasteiger partial charge in [0.1, 0.15) is 6.10 Å². The van der Waals surface area contributed by atoms with Crippen molar-refractivity contribution in [1.29, 1.82) is 0 Å². The Hall–Kier alpha value is -0.720. The molecule has 0 heterocycles. The third-order valence-corrected chi connectivity index (χ3v) is 2.06. The molecule has 0 aliphatic rings. The van der Waals surface area contributed by atoms with E-state index in [2.05, 4.69) is 13.5 Å². The molecule has 0 aliphatic heterocycles. The van der Waals surface area contributed by atoms with Gasteiger partial charge < -0.3 is 24.5 Å². The van der Waals surface area contributed by atoms with Crippen LogP contribution < -0.4 is 0 Å². The van der Waals surface area contributed by atoms with Gasteiger partial charge in [0.25, 0.3) is 0 Å². The molecule has 0 amide bonds. The van der Waals surface area contributed by atoms with E-state index in [4.69, 9.17) is 24.0 Å². The van der Waals surface area contributed by atoms with Crippen molar-refractivity contribution in [3.05, 3.63) is 12.7 Å². The predicted molar refractivity (Wildman–Crippen MR) is 70.2 cm³/mol. The molecule has 0 fully saturated rings. The molecule has 2 atom stereocenters. The third kappa shape index (κ3) is 19.8. The summed E-state index contributed by atoms with van der Waals surface area (Å²) in [5.74, 6) is -0.465. The molecule has 0 rings (SSSR count). The number of unbranched alkanes of at least 4 members (excludes halogenated alkanes) is 2. The van der Waals surface area contributed by atoms with Crippen molar-refractivity contribution in [2.75, 3.05) is 0 Å². The lowest BCUT2D eigenvalue weighted by molar-refractivity contribution is -0.148. The fraction of sp³-hybridized carbons (Fsp3) is 0.727. The monoisotopic (exact) mass is 298 g/mol. The van der Waals surface area contributed by atoms with Crippen molar-refractivity contribution in [3.8, 4) is 0 Å². The van der Waals surface area contributed by atoms with Gasteiger partial charge >= 0.3 is 13.8 Å². The van der Waals surface area contributed by atoms with Gasteiger partial charge in [0.05, 0.1) is 6.10 Å². The number of aliphatic hydroxyl groups excluding tert-OH is 1. The maximum Gasteiger partial charge on any atom is 0.466 e. The highest BCUT2D eigenvalue weighted by molar-refractivity contribution is 7.45. The molecule has 0 saturated heterocycles. The van der Waals surface area contributed by atoms with Crippen LogP contribution >= 0.6 is 7.82 Å². The van der Waals surface area contributed by atoms with Gasteiger partial charge in [-0.25, -0.2) is 9.36 Å². The highest BCUT2D eigenvalue weighted by Gasteiger charge is 2.17. The highest BCUT2D eigenvalue weighted by atomic mass is 31.2. The largest absolute Gasteiger partial charge is 0.466 e. The number of carbonyl (C=O) groups excluding carboxylic acids is 1. The lowest BCUT2D eigenvalue weighted by atomic mass is 10.1. The summed E-state index contributed by atoms with van der Waals surface area (Å²) in [7, 11) is -4.64. The SMILES string of the molecule is C=CC(=O)OC(CCCCC)C(C)O.O=P(O)(O)O. The van der Waals surface area contributed by atoms with Crippen molar-refractivity contribution in [1.82, 2.24) is 0 Å². The number of esters is 1. The number of carbonyl (C=O) groups is 1. The lowest BCUT2D eigenvalue weighted by Gasteiger charge is -2.19. The van der Waals surface area contributed by atoms with Crippen molar-refractivity contribution in [2.45, 2.75) is 51.7 Å². The van der Waals surface area contributed by atoms with Gasteiger partial charge in [-0.15, -0.1) is 0 Å². The smallest absolute Gasteiger partial charge is 0.456 e. The second-order valence-corrected chi connectivity index (χ2v) is 4.96. The zero-order valence-electron chi connectivity index (χ0n) is 11.2. The Balaban J connectivity index is 0. The molecule has 0 bridgehead atoms. The first kappa shape index (κ1) is 20.6. The molecular formula is C11H23O7P. The number of aliphatic hydroxyl groups is 1. The van der Waals surface area contributed by atoms with E-state index in [1.165, 1.54) is 0 Å². The Morgan fingerprint density at radius 1 is 1.37 bits per heavy atom. The second-order valence-electron chi connectivity index (χ2n) is 3.93. The van der Waals surface area contributed by atoms with Gasteiger partial charge in [0.15, 0.2) is 0 Å².